The number of nitrogens with zero attached hydrogens (tertiary/aromatic N) is 3. The monoisotopic (exact) mass is 353 g/mol. The van der Waals surface area contributed by atoms with Gasteiger partial charge < -0.3 is 20.5 Å². The molecule has 1 aliphatic heterocycles. The predicted molar refractivity (Wildman–Crippen MR) is 100 cm³/mol. The zero-order valence-corrected chi connectivity index (χ0v) is 15.1. The molecule has 0 spiro atoms. The van der Waals surface area contributed by atoms with E-state index in [1.54, 1.807) is 0 Å². The average Bonchev–Trinajstić information content (AvgIpc) is 3.59. The number of hydrogen-bond donors (Lipinski definition) is 2. The molecule has 2 aliphatic carbocycles. The van der Waals surface area contributed by atoms with Crippen molar-refractivity contribution in [1.29, 1.82) is 0 Å². The molecule has 3 fully saturated rings. The molecule has 1 saturated heterocycles. The molecule has 138 valence electrons. The summed E-state index contributed by atoms with van der Waals surface area (Å²) in [5, 5.41) is 8.07. The van der Waals surface area contributed by atoms with Gasteiger partial charge in [0.2, 0.25) is 0 Å². The highest BCUT2D eigenvalue weighted by atomic mass is 16.5. The second kappa shape index (κ2) is 6.35. The van der Waals surface area contributed by atoms with Crippen molar-refractivity contribution in [1.82, 2.24) is 15.5 Å². The molecule has 2 heterocycles. The van der Waals surface area contributed by atoms with Crippen LogP contribution >= 0.6 is 0 Å². The van der Waals surface area contributed by atoms with E-state index in [2.05, 4.69) is 45.7 Å². The van der Waals surface area contributed by atoms with Crippen LogP contribution in [0.3, 0.4) is 0 Å². The number of benzene rings is 1. The lowest BCUT2D eigenvalue weighted by Crippen LogP contribution is -2.39. The summed E-state index contributed by atoms with van der Waals surface area (Å²) >= 11 is 0. The zero-order chi connectivity index (χ0) is 17.6. The van der Waals surface area contributed by atoms with Crippen LogP contribution in [0, 0.1) is 0 Å². The molecule has 3 aliphatic rings. The van der Waals surface area contributed by atoms with E-state index in [-0.39, 0.29) is 5.41 Å². The molecule has 0 bridgehead atoms. The minimum atomic E-state index is 0.0811. The van der Waals surface area contributed by atoms with Crippen molar-refractivity contribution in [2.45, 2.75) is 55.5 Å². The first-order chi connectivity index (χ1) is 12.7. The third kappa shape index (κ3) is 3.12. The summed E-state index contributed by atoms with van der Waals surface area (Å²) in [4.78, 5) is 6.91. The Balaban J connectivity index is 1.18. The zero-order valence-electron chi connectivity index (χ0n) is 15.1. The van der Waals surface area contributed by atoms with Gasteiger partial charge in [-0.1, -0.05) is 35.5 Å². The lowest BCUT2D eigenvalue weighted by molar-refractivity contribution is 0.382. The number of hydrogen-bond acceptors (Lipinski definition) is 6. The fourth-order valence-electron chi connectivity index (χ4n) is 4.10. The van der Waals surface area contributed by atoms with Crippen LogP contribution in [-0.4, -0.2) is 41.9 Å². The van der Waals surface area contributed by atoms with Gasteiger partial charge in [-0.3, -0.25) is 0 Å². The first-order valence-electron chi connectivity index (χ1n) is 9.87. The Labute approximate surface area is 154 Å². The molecule has 5 rings (SSSR count). The van der Waals surface area contributed by atoms with Gasteiger partial charge >= 0.3 is 6.01 Å². The molecule has 2 aromatic rings. The van der Waals surface area contributed by atoms with Gasteiger partial charge in [0.25, 0.3) is 0 Å². The van der Waals surface area contributed by atoms with Gasteiger partial charge in [-0.05, 0) is 37.7 Å². The van der Waals surface area contributed by atoms with Gasteiger partial charge in [0, 0.05) is 43.1 Å². The van der Waals surface area contributed by atoms with Crippen LogP contribution in [0.25, 0.3) is 0 Å². The van der Waals surface area contributed by atoms with Crippen LogP contribution in [0.15, 0.2) is 34.9 Å². The van der Waals surface area contributed by atoms with Crippen molar-refractivity contribution in [2.75, 3.05) is 24.5 Å². The fourth-order valence-corrected chi connectivity index (χ4v) is 4.10. The SMILES string of the molecule is NC1CCN(c2nc(C3(CN[C@@H]4C[C@H]4c4ccccc4)CC3)no2)CC1. The Bertz CT molecular complexity index is 749. The molecule has 0 amide bonds. The maximum Gasteiger partial charge on any atom is 0.324 e. The Kier molecular flexibility index (Phi) is 3.98. The number of aromatic nitrogens is 2. The molecule has 1 aromatic heterocycles. The van der Waals surface area contributed by atoms with Crippen molar-refractivity contribution < 1.29 is 4.52 Å². The number of nitrogens with two attached hydrogens (primary N) is 1. The number of piperidine rings is 1. The van der Waals surface area contributed by atoms with Crippen LogP contribution in [0.2, 0.25) is 0 Å². The molecule has 0 radical (unpaired) electrons. The van der Waals surface area contributed by atoms with E-state index in [9.17, 15) is 0 Å². The molecule has 26 heavy (non-hydrogen) atoms. The van der Waals surface area contributed by atoms with Crippen molar-refractivity contribution in [3.8, 4) is 0 Å². The lowest BCUT2D eigenvalue weighted by atomic mass is 10.1. The summed E-state index contributed by atoms with van der Waals surface area (Å²) in [7, 11) is 0. The maximum atomic E-state index is 5.98. The van der Waals surface area contributed by atoms with Crippen LogP contribution < -0.4 is 16.0 Å². The standard InChI is InChI=1S/C20H27N5O/c21-15-6-10-25(11-7-15)19-23-18(24-26-19)20(8-9-20)13-22-17-12-16(17)14-4-2-1-3-5-14/h1-5,15-17,22H,6-13,21H2/t16-,17+/m0/s1. The lowest BCUT2D eigenvalue weighted by Gasteiger charge is -2.28. The fraction of sp³-hybridized carbons (Fsp3) is 0.600. The third-order valence-corrected chi connectivity index (χ3v) is 6.27. The smallest absolute Gasteiger partial charge is 0.324 e. The summed E-state index contributed by atoms with van der Waals surface area (Å²) in [6.45, 7) is 2.77. The maximum absolute atomic E-state index is 5.98. The molecule has 2 atom stereocenters. The van der Waals surface area contributed by atoms with E-state index >= 15 is 0 Å². The third-order valence-electron chi connectivity index (χ3n) is 6.27. The second-order valence-electron chi connectivity index (χ2n) is 8.25. The van der Waals surface area contributed by atoms with E-state index in [0.29, 0.717) is 24.0 Å². The Hall–Kier alpha value is -1.92. The van der Waals surface area contributed by atoms with Gasteiger partial charge in [-0.25, -0.2) is 0 Å². The molecule has 2 saturated carbocycles. The highest BCUT2D eigenvalue weighted by Gasteiger charge is 2.50. The Morgan fingerprint density at radius 2 is 1.96 bits per heavy atom. The van der Waals surface area contributed by atoms with E-state index in [1.165, 1.54) is 12.0 Å². The van der Waals surface area contributed by atoms with E-state index in [0.717, 1.165) is 51.1 Å². The Morgan fingerprint density at radius 3 is 2.69 bits per heavy atom. The summed E-state index contributed by atoms with van der Waals surface area (Å²) in [5.74, 6) is 1.54. The number of rotatable bonds is 6. The molecular formula is C20H27N5O. The van der Waals surface area contributed by atoms with Crippen molar-refractivity contribution in [3.63, 3.8) is 0 Å². The largest absolute Gasteiger partial charge is 0.328 e. The van der Waals surface area contributed by atoms with Crippen LogP contribution in [0.5, 0.6) is 0 Å². The van der Waals surface area contributed by atoms with Crippen LogP contribution in [0.1, 0.15) is 49.4 Å². The number of nitrogens with one attached hydrogen (secondary N) is 1. The summed E-state index contributed by atoms with van der Waals surface area (Å²) in [5.41, 5.74) is 7.51. The van der Waals surface area contributed by atoms with Crippen molar-refractivity contribution >= 4 is 6.01 Å². The van der Waals surface area contributed by atoms with Gasteiger partial charge in [0.05, 0.1) is 0 Å². The van der Waals surface area contributed by atoms with Gasteiger partial charge in [-0.15, -0.1) is 0 Å². The van der Waals surface area contributed by atoms with Gasteiger partial charge in [-0.2, -0.15) is 4.98 Å². The van der Waals surface area contributed by atoms with Crippen LogP contribution in [0.4, 0.5) is 6.01 Å². The minimum Gasteiger partial charge on any atom is -0.328 e. The normalized spacial score (nSPS) is 27.5. The molecule has 1 aromatic carbocycles. The Morgan fingerprint density at radius 1 is 1.19 bits per heavy atom. The molecule has 0 unspecified atom stereocenters. The number of anilines is 1. The second-order valence-corrected chi connectivity index (χ2v) is 8.25. The predicted octanol–water partition coefficient (Wildman–Crippen LogP) is 2.17. The van der Waals surface area contributed by atoms with Gasteiger partial charge in [0.1, 0.15) is 0 Å². The van der Waals surface area contributed by atoms with Crippen LogP contribution in [-0.2, 0) is 5.41 Å². The highest BCUT2D eigenvalue weighted by molar-refractivity contribution is 5.31. The molecule has 3 N–H and O–H groups in total. The van der Waals surface area contributed by atoms with E-state index in [1.807, 2.05) is 0 Å². The summed E-state index contributed by atoms with van der Waals surface area (Å²) in [6, 6.07) is 12.4. The highest BCUT2D eigenvalue weighted by Crippen LogP contribution is 2.48. The van der Waals surface area contributed by atoms with Gasteiger partial charge in [0.15, 0.2) is 5.82 Å². The van der Waals surface area contributed by atoms with Crippen molar-refractivity contribution in [3.05, 3.63) is 41.7 Å². The summed E-state index contributed by atoms with van der Waals surface area (Å²) in [6.07, 6.45) is 5.50. The quantitative estimate of drug-likeness (QED) is 0.828. The summed E-state index contributed by atoms with van der Waals surface area (Å²) < 4.78 is 5.57. The molecule has 6 nitrogen and oxygen atoms in total. The van der Waals surface area contributed by atoms with E-state index in [4.69, 9.17) is 15.2 Å². The molecular weight excluding hydrogens is 326 g/mol. The topological polar surface area (TPSA) is 80.2 Å². The van der Waals surface area contributed by atoms with E-state index < -0.39 is 0 Å². The average molecular weight is 353 g/mol. The first kappa shape index (κ1) is 16.3. The first-order valence-corrected chi connectivity index (χ1v) is 9.87. The minimum absolute atomic E-state index is 0.0811. The molecule has 6 heteroatoms. The van der Waals surface area contributed by atoms with Crippen molar-refractivity contribution in [2.24, 2.45) is 5.73 Å².